The summed E-state index contributed by atoms with van der Waals surface area (Å²) in [5, 5.41) is 3.06. The molecule has 0 atom stereocenters. The van der Waals surface area contributed by atoms with E-state index in [1.165, 1.54) is 11.3 Å². The fourth-order valence-corrected chi connectivity index (χ4v) is 3.23. The van der Waals surface area contributed by atoms with E-state index in [-0.39, 0.29) is 6.03 Å². The number of halogens is 1. The molecule has 1 N–H and O–H groups in total. The third-order valence-corrected chi connectivity index (χ3v) is 4.93. The molecule has 0 radical (unpaired) electrons. The average Bonchev–Trinajstić information content (AvgIpc) is 2.63. The van der Waals surface area contributed by atoms with Crippen molar-refractivity contribution in [1.82, 2.24) is 4.90 Å². The molecule has 2 amide bonds. The highest BCUT2D eigenvalue weighted by atomic mass is 79.9. The van der Waals surface area contributed by atoms with Gasteiger partial charge in [-0.2, -0.15) is 0 Å². The first kappa shape index (κ1) is 16.8. The van der Waals surface area contributed by atoms with Gasteiger partial charge >= 0.3 is 6.03 Å². The van der Waals surface area contributed by atoms with Crippen molar-refractivity contribution in [2.45, 2.75) is 13.3 Å². The third-order valence-electron chi connectivity index (χ3n) is 4.40. The second-order valence-corrected chi connectivity index (χ2v) is 6.81. The molecule has 1 heterocycles. The van der Waals surface area contributed by atoms with Crippen LogP contribution in [0.15, 0.2) is 53.0 Å². The summed E-state index contributed by atoms with van der Waals surface area (Å²) in [7, 11) is 0. The Morgan fingerprint density at radius 2 is 1.71 bits per heavy atom. The van der Waals surface area contributed by atoms with Gasteiger partial charge in [0, 0.05) is 42.0 Å². The first-order valence-electron chi connectivity index (χ1n) is 8.31. The van der Waals surface area contributed by atoms with Crippen LogP contribution in [0.5, 0.6) is 0 Å². The minimum Gasteiger partial charge on any atom is -0.368 e. The maximum absolute atomic E-state index is 12.5. The van der Waals surface area contributed by atoms with Crippen LogP contribution in [0.3, 0.4) is 0 Å². The molecular weight excluding hydrogens is 366 g/mol. The topological polar surface area (TPSA) is 35.6 Å². The lowest BCUT2D eigenvalue weighted by Gasteiger charge is -2.36. The molecule has 0 saturated carbocycles. The molecule has 0 unspecified atom stereocenters. The number of nitrogens with zero attached hydrogens (tertiary/aromatic N) is 2. The van der Waals surface area contributed by atoms with Gasteiger partial charge in [0.05, 0.1) is 0 Å². The number of carbonyl (C=O) groups is 1. The van der Waals surface area contributed by atoms with Gasteiger partial charge in [-0.1, -0.05) is 41.1 Å². The molecule has 24 heavy (non-hydrogen) atoms. The number of anilines is 2. The van der Waals surface area contributed by atoms with Gasteiger partial charge in [0.15, 0.2) is 0 Å². The molecule has 4 nitrogen and oxygen atoms in total. The third kappa shape index (κ3) is 3.90. The molecule has 1 aliphatic heterocycles. The first-order chi connectivity index (χ1) is 11.7. The van der Waals surface area contributed by atoms with E-state index in [1.807, 2.05) is 23.1 Å². The molecule has 0 aliphatic carbocycles. The zero-order valence-corrected chi connectivity index (χ0v) is 15.4. The number of piperazine rings is 1. The summed E-state index contributed by atoms with van der Waals surface area (Å²) in [5.41, 5.74) is 3.29. The van der Waals surface area contributed by atoms with Gasteiger partial charge in [0.25, 0.3) is 0 Å². The smallest absolute Gasteiger partial charge is 0.321 e. The molecule has 126 valence electrons. The first-order valence-corrected chi connectivity index (χ1v) is 9.11. The summed E-state index contributed by atoms with van der Waals surface area (Å²) in [4.78, 5) is 16.7. The van der Waals surface area contributed by atoms with Crippen molar-refractivity contribution in [2.75, 3.05) is 36.4 Å². The number of rotatable bonds is 3. The Morgan fingerprint density at radius 3 is 2.38 bits per heavy atom. The molecule has 1 fully saturated rings. The normalized spacial score (nSPS) is 14.6. The van der Waals surface area contributed by atoms with Gasteiger partial charge in [-0.15, -0.1) is 0 Å². The molecule has 0 spiro atoms. The second-order valence-electron chi connectivity index (χ2n) is 5.89. The zero-order valence-electron chi connectivity index (χ0n) is 13.8. The van der Waals surface area contributed by atoms with E-state index >= 15 is 0 Å². The van der Waals surface area contributed by atoms with Crippen molar-refractivity contribution in [3.8, 4) is 0 Å². The number of hydrogen-bond donors (Lipinski definition) is 1. The maximum Gasteiger partial charge on any atom is 0.321 e. The van der Waals surface area contributed by atoms with Gasteiger partial charge in [-0.25, -0.2) is 4.79 Å². The van der Waals surface area contributed by atoms with Crippen LogP contribution in [0.4, 0.5) is 16.2 Å². The summed E-state index contributed by atoms with van der Waals surface area (Å²) in [6, 6.07) is 16.3. The van der Waals surface area contributed by atoms with Crippen molar-refractivity contribution < 1.29 is 4.79 Å². The summed E-state index contributed by atoms with van der Waals surface area (Å²) in [6.45, 7) is 5.27. The molecule has 1 saturated heterocycles. The monoisotopic (exact) mass is 387 g/mol. The SMILES string of the molecule is CCc1ccccc1NC(=O)N1CCN(c2ccc(Br)cc2)CC1. The molecule has 0 bridgehead atoms. The van der Waals surface area contributed by atoms with E-state index < -0.39 is 0 Å². The minimum atomic E-state index is -0.00800. The largest absolute Gasteiger partial charge is 0.368 e. The van der Waals surface area contributed by atoms with E-state index in [4.69, 9.17) is 0 Å². The zero-order chi connectivity index (χ0) is 16.9. The van der Waals surface area contributed by atoms with Crippen LogP contribution in [-0.2, 0) is 6.42 Å². The maximum atomic E-state index is 12.5. The summed E-state index contributed by atoms with van der Waals surface area (Å²) in [5.74, 6) is 0. The van der Waals surface area contributed by atoms with Crippen molar-refractivity contribution in [1.29, 1.82) is 0 Å². The van der Waals surface area contributed by atoms with Crippen molar-refractivity contribution in [3.05, 3.63) is 58.6 Å². The number of urea groups is 1. The molecule has 5 heteroatoms. The minimum absolute atomic E-state index is 0.00800. The Balaban J connectivity index is 1.58. The Hall–Kier alpha value is -2.01. The highest BCUT2D eigenvalue weighted by molar-refractivity contribution is 9.10. The van der Waals surface area contributed by atoms with E-state index in [0.29, 0.717) is 0 Å². The van der Waals surface area contributed by atoms with E-state index in [9.17, 15) is 4.79 Å². The van der Waals surface area contributed by atoms with Gasteiger partial charge in [0.1, 0.15) is 0 Å². The standard InChI is InChI=1S/C19H22BrN3O/c1-2-15-5-3-4-6-18(15)21-19(24)23-13-11-22(12-14-23)17-9-7-16(20)8-10-17/h3-10H,2,11-14H2,1H3,(H,21,24). The molecular formula is C19H22BrN3O. The summed E-state index contributed by atoms with van der Waals surface area (Å²) >= 11 is 3.46. The molecule has 3 rings (SSSR count). The number of para-hydroxylation sites is 1. The number of benzene rings is 2. The fourth-order valence-electron chi connectivity index (χ4n) is 2.96. The summed E-state index contributed by atoms with van der Waals surface area (Å²) < 4.78 is 1.08. The Kier molecular flexibility index (Phi) is 5.41. The Morgan fingerprint density at radius 1 is 1.04 bits per heavy atom. The van der Waals surface area contributed by atoms with Crippen LogP contribution >= 0.6 is 15.9 Å². The average molecular weight is 388 g/mol. The number of amides is 2. The van der Waals surface area contributed by atoms with Crippen LogP contribution in [0, 0.1) is 0 Å². The molecule has 2 aromatic rings. The van der Waals surface area contributed by atoms with Crippen LogP contribution in [-0.4, -0.2) is 37.1 Å². The van der Waals surface area contributed by atoms with Crippen LogP contribution in [0.25, 0.3) is 0 Å². The predicted octanol–water partition coefficient (Wildman–Crippen LogP) is 4.37. The van der Waals surface area contributed by atoms with Gasteiger partial charge in [-0.3, -0.25) is 0 Å². The molecule has 1 aliphatic rings. The number of hydrogen-bond acceptors (Lipinski definition) is 2. The van der Waals surface area contributed by atoms with Crippen LogP contribution in [0.2, 0.25) is 0 Å². The lowest BCUT2D eigenvalue weighted by atomic mass is 10.1. The lowest BCUT2D eigenvalue weighted by Crippen LogP contribution is -2.50. The quantitative estimate of drug-likeness (QED) is 0.848. The second kappa shape index (κ2) is 7.71. The lowest BCUT2D eigenvalue weighted by molar-refractivity contribution is 0.208. The van der Waals surface area contributed by atoms with E-state index in [0.717, 1.165) is 42.8 Å². The predicted molar refractivity (Wildman–Crippen MR) is 103 cm³/mol. The molecule has 0 aromatic heterocycles. The highest BCUT2D eigenvalue weighted by Crippen LogP contribution is 2.21. The van der Waals surface area contributed by atoms with Crippen LogP contribution in [0.1, 0.15) is 12.5 Å². The number of carbonyl (C=O) groups excluding carboxylic acids is 1. The van der Waals surface area contributed by atoms with Gasteiger partial charge in [0.2, 0.25) is 0 Å². The summed E-state index contributed by atoms with van der Waals surface area (Å²) in [6.07, 6.45) is 0.911. The number of nitrogens with one attached hydrogen (secondary N) is 1. The van der Waals surface area contributed by atoms with Gasteiger partial charge in [-0.05, 0) is 42.3 Å². The Bertz CT molecular complexity index is 694. The Labute approximate surface area is 151 Å². The van der Waals surface area contributed by atoms with Crippen molar-refractivity contribution in [2.24, 2.45) is 0 Å². The molecule has 2 aromatic carbocycles. The highest BCUT2D eigenvalue weighted by Gasteiger charge is 2.21. The number of aryl methyl sites for hydroxylation is 1. The van der Waals surface area contributed by atoms with Crippen molar-refractivity contribution in [3.63, 3.8) is 0 Å². The van der Waals surface area contributed by atoms with Crippen LogP contribution < -0.4 is 10.2 Å². The van der Waals surface area contributed by atoms with Gasteiger partial charge < -0.3 is 15.1 Å². The van der Waals surface area contributed by atoms with Crippen molar-refractivity contribution >= 4 is 33.3 Å². The van der Waals surface area contributed by atoms with E-state index in [1.54, 1.807) is 0 Å². The fraction of sp³-hybridized carbons (Fsp3) is 0.316. The van der Waals surface area contributed by atoms with E-state index in [2.05, 4.69) is 63.4 Å².